The number of halogens is 2. The summed E-state index contributed by atoms with van der Waals surface area (Å²) in [7, 11) is 0. The minimum Gasteiger partial charge on any atom is -0.429 e. The van der Waals surface area contributed by atoms with Crippen molar-refractivity contribution in [1.29, 1.82) is 0 Å². The van der Waals surface area contributed by atoms with Crippen LogP contribution < -0.4 is 5.36 Å². The van der Waals surface area contributed by atoms with Crippen molar-refractivity contribution in [2.24, 2.45) is 4.99 Å². The molecule has 0 fully saturated rings. The van der Waals surface area contributed by atoms with E-state index >= 15 is 0 Å². The summed E-state index contributed by atoms with van der Waals surface area (Å²) < 4.78 is 15.1. The number of benzene rings is 1. The topological polar surface area (TPSA) is 89.1 Å². The van der Waals surface area contributed by atoms with Crippen LogP contribution in [-0.2, 0) is 0 Å². The second-order valence-electron chi connectivity index (χ2n) is 5.27. The third-order valence-corrected chi connectivity index (χ3v) is 3.75. The highest BCUT2D eigenvalue weighted by atomic mass is 35.5. The smallest absolute Gasteiger partial charge is 0.184 e. The van der Waals surface area contributed by atoms with E-state index in [0.29, 0.717) is 15.9 Å². The van der Waals surface area contributed by atoms with Gasteiger partial charge in [-0.1, -0.05) is 11.6 Å². The fourth-order valence-corrected chi connectivity index (χ4v) is 2.50. The number of fused-ring (bicyclic) bond motifs is 1. The lowest BCUT2D eigenvalue weighted by Gasteiger charge is -2.06. The van der Waals surface area contributed by atoms with Crippen molar-refractivity contribution in [1.82, 2.24) is 24.7 Å². The van der Waals surface area contributed by atoms with E-state index in [1.807, 2.05) is 0 Å². The van der Waals surface area contributed by atoms with Gasteiger partial charge in [-0.2, -0.15) is 0 Å². The molecule has 26 heavy (non-hydrogen) atoms. The Morgan fingerprint density at radius 2 is 1.81 bits per heavy atom. The molecule has 0 saturated carbocycles. The van der Waals surface area contributed by atoms with Gasteiger partial charge in [0.05, 0.1) is 10.9 Å². The lowest BCUT2D eigenvalue weighted by atomic mass is 10.2. The minimum absolute atomic E-state index is 0.102. The van der Waals surface area contributed by atoms with Crippen LogP contribution in [-0.4, -0.2) is 29.9 Å². The zero-order valence-corrected chi connectivity index (χ0v) is 13.8. The standard InChI is InChI=1S/C17H10ClFN6O/c18-10-1-2-13(19)12(9-10)15-23-16-14(20-5-6-21-16)17(24-15)22-11-3-7-25(26)8-4-11/h1-9,26H. The second kappa shape index (κ2) is 6.49. The Balaban J connectivity index is 1.98. The van der Waals surface area contributed by atoms with Gasteiger partial charge in [-0.15, -0.1) is 0 Å². The highest BCUT2D eigenvalue weighted by Crippen LogP contribution is 2.27. The lowest BCUT2D eigenvalue weighted by molar-refractivity contribution is 0.184. The predicted octanol–water partition coefficient (Wildman–Crippen LogP) is 3.15. The van der Waals surface area contributed by atoms with Gasteiger partial charge in [-0.25, -0.2) is 34.0 Å². The summed E-state index contributed by atoms with van der Waals surface area (Å²) in [5, 5.41) is 10.2. The molecule has 1 aromatic carbocycles. The molecule has 4 rings (SSSR count). The summed E-state index contributed by atoms with van der Waals surface area (Å²) >= 11 is 5.97. The molecule has 0 saturated heterocycles. The first-order valence-corrected chi connectivity index (χ1v) is 7.84. The number of hydrogen-bond donors (Lipinski definition) is 1. The zero-order chi connectivity index (χ0) is 18.1. The van der Waals surface area contributed by atoms with Crippen LogP contribution in [0.2, 0.25) is 5.02 Å². The van der Waals surface area contributed by atoms with Crippen molar-refractivity contribution in [2.45, 2.75) is 0 Å². The van der Waals surface area contributed by atoms with Gasteiger partial charge in [0.15, 0.2) is 22.8 Å². The van der Waals surface area contributed by atoms with E-state index in [2.05, 4.69) is 24.9 Å². The molecule has 0 bridgehead atoms. The molecule has 4 aromatic rings. The summed E-state index contributed by atoms with van der Waals surface area (Å²) in [5.41, 5.74) is 0.797. The number of pyridine rings is 1. The van der Waals surface area contributed by atoms with Crippen molar-refractivity contribution < 1.29 is 9.60 Å². The van der Waals surface area contributed by atoms with Gasteiger partial charge in [-0.05, 0) is 30.3 Å². The monoisotopic (exact) mass is 368 g/mol. The molecule has 7 nitrogen and oxygen atoms in total. The van der Waals surface area contributed by atoms with Crippen LogP contribution in [0.1, 0.15) is 0 Å². The Morgan fingerprint density at radius 3 is 2.62 bits per heavy atom. The number of hydrogen-bond acceptors (Lipinski definition) is 6. The molecule has 3 aromatic heterocycles. The Bertz CT molecular complexity index is 1170. The van der Waals surface area contributed by atoms with Gasteiger partial charge >= 0.3 is 0 Å². The van der Waals surface area contributed by atoms with Gasteiger partial charge in [0.1, 0.15) is 5.82 Å². The SMILES string of the molecule is On1ccc(=Nc2nc(-c3cc(Cl)ccc3F)nc3nccnc23)cc1. The largest absolute Gasteiger partial charge is 0.429 e. The fourth-order valence-electron chi connectivity index (χ4n) is 2.32. The molecule has 0 spiro atoms. The third-order valence-electron chi connectivity index (χ3n) is 3.51. The molecular weight excluding hydrogens is 359 g/mol. The number of aromatic nitrogens is 5. The highest BCUT2D eigenvalue weighted by molar-refractivity contribution is 6.30. The van der Waals surface area contributed by atoms with Gasteiger partial charge in [0.2, 0.25) is 0 Å². The maximum absolute atomic E-state index is 14.2. The van der Waals surface area contributed by atoms with E-state index in [4.69, 9.17) is 11.6 Å². The summed E-state index contributed by atoms with van der Waals surface area (Å²) in [5.74, 6) is -0.178. The van der Waals surface area contributed by atoms with Crippen LogP contribution in [0.3, 0.4) is 0 Å². The normalized spacial score (nSPS) is 10.8. The van der Waals surface area contributed by atoms with Crippen LogP contribution in [0.15, 0.2) is 60.1 Å². The average molecular weight is 369 g/mol. The first kappa shape index (κ1) is 16.1. The van der Waals surface area contributed by atoms with Crippen LogP contribution in [0.5, 0.6) is 0 Å². The first-order valence-electron chi connectivity index (χ1n) is 7.46. The Morgan fingerprint density at radius 1 is 1.04 bits per heavy atom. The molecule has 0 aliphatic carbocycles. The molecule has 0 amide bonds. The summed E-state index contributed by atoms with van der Waals surface area (Å²) in [6.07, 6.45) is 5.82. The highest BCUT2D eigenvalue weighted by Gasteiger charge is 2.14. The van der Waals surface area contributed by atoms with Gasteiger partial charge in [0.25, 0.3) is 0 Å². The van der Waals surface area contributed by atoms with E-state index in [-0.39, 0.29) is 22.9 Å². The molecule has 3 heterocycles. The van der Waals surface area contributed by atoms with E-state index in [0.717, 1.165) is 4.73 Å². The predicted molar refractivity (Wildman–Crippen MR) is 92.4 cm³/mol. The Hall–Kier alpha value is -3.39. The van der Waals surface area contributed by atoms with Crippen molar-refractivity contribution in [2.75, 3.05) is 0 Å². The van der Waals surface area contributed by atoms with Crippen LogP contribution >= 0.6 is 11.6 Å². The molecule has 9 heteroatoms. The van der Waals surface area contributed by atoms with E-state index < -0.39 is 5.82 Å². The van der Waals surface area contributed by atoms with Crippen molar-refractivity contribution in [3.63, 3.8) is 0 Å². The fraction of sp³-hybridized carbons (Fsp3) is 0. The van der Waals surface area contributed by atoms with Crippen molar-refractivity contribution in [3.05, 3.63) is 71.3 Å². The second-order valence-corrected chi connectivity index (χ2v) is 5.71. The Labute approximate surface area is 151 Å². The molecule has 0 aliphatic rings. The Kier molecular flexibility index (Phi) is 4.02. The quantitative estimate of drug-likeness (QED) is 0.549. The van der Waals surface area contributed by atoms with E-state index in [1.54, 1.807) is 12.1 Å². The van der Waals surface area contributed by atoms with E-state index in [9.17, 15) is 9.60 Å². The molecule has 0 aliphatic heterocycles. The zero-order valence-electron chi connectivity index (χ0n) is 13.1. The third kappa shape index (κ3) is 3.09. The minimum atomic E-state index is -0.510. The maximum Gasteiger partial charge on any atom is 0.184 e. The molecular formula is C17H10ClFN6O. The molecule has 0 radical (unpaired) electrons. The van der Waals surface area contributed by atoms with Gasteiger partial charge < -0.3 is 5.21 Å². The van der Waals surface area contributed by atoms with Crippen LogP contribution in [0.4, 0.5) is 10.2 Å². The molecule has 1 N–H and O–H groups in total. The van der Waals surface area contributed by atoms with Crippen molar-refractivity contribution in [3.8, 4) is 11.4 Å². The van der Waals surface area contributed by atoms with Gasteiger partial charge in [0, 0.05) is 29.8 Å². The molecule has 128 valence electrons. The van der Waals surface area contributed by atoms with Gasteiger partial charge in [-0.3, -0.25) is 0 Å². The lowest BCUT2D eigenvalue weighted by Crippen LogP contribution is -2.04. The summed E-state index contributed by atoms with van der Waals surface area (Å²) in [6, 6.07) is 7.31. The van der Waals surface area contributed by atoms with Crippen LogP contribution in [0.25, 0.3) is 22.6 Å². The molecule has 0 unspecified atom stereocenters. The summed E-state index contributed by atoms with van der Waals surface area (Å²) in [6.45, 7) is 0. The summed E-state index contributed by atoms with van der Waals surface area (Å²) in [4.78, 5) is 21.4. The number of nitrogens with zero attached hydrogens (tertiary/aromatic N) is 6. The van der Waals surface area contributed by atoms with Crippen molar-refractivity contribution >= 4 is 28.6 Å². The van der Waals surface area contributed by atoms with Crippen LogP contribution in [0, 0.1) is 5.82 Å². The average Bonchev–Trinajstić information content (AvgIpc) is 2.65. The first-order chi connectivity index (χ1) is 12.6. The molecule has 0 atom stereocenters. The van der Waals surface area contributed by atoms with E-state index in [1.165, 1.54) is 43.0 Å². The maximum atomic E-state index is 14.2. The number of rotatable bonds is 2.